The number of fused-ring (bicyclic) bond motifs is 1. The smallest absolute Gasteiger partial charge is 0.0814 e. The highest BCUT2D eigenvalue weighted by Crippen LogP contribution is 2.24. The van der Waals surface area contributed by atoms with Gasteiger partial charge >= 0.3 is 0 Å². The molecule has 1 unspecified atom stereocenters. The van der Waals surface area contributed by atoms with Crippen LogP contribution in [0, 0.1) is 6.92 Å². The molecule has 0 aliphatic carbocycles. The number of rotatable bonds is 1. The quantitative estimate of drug-likeness (QED) is 0.788. The molecule has 3 rings (SSSR count). The Morgan fingerprint density at radius 1 is 1.31 bits per heavy atom. The number of hydrogen-bond donors (Lipinski definition) is 1. The van der Waals surface area contributed by atoms with Crippen molar-refractivity contribution in [3.8, 4) is 5.69 Å². The minimum absolute atomic E-state index is 0.425. The lowest BCUT2D eigenvalue weighted by atomic mass is 10.2. The summed E-state index contributed by atoms with van der Waals surface area (Å²) in [6.45, 7) is 5.15. The van der Waals surface area contributed by atoms with Crippen LogP contribution in [0.5, 0.6) is 0 Å². The number of benzene rings is 1. The second-order valence-corrected chi connectivity index (χ2v) is 4.41. The Kier molecular flexibility index (Phi) is 2.07. The molecule has 3 heteroatoms. The maximum absolute atomic E-state index is 4.60. The Morgan fingerprint density at radius 2 is 2.06 bits per heavy atom. The maximum atomic E-state index is 4.60. The molecule has 82 valence electrons. The molecule has 1 atom stereocenters. The molecule has 0 saturated carbocycles. The van der Waals surface area contributed by atoms with E-state index in [9.17, 15) is 0 Å². The fourth-order valence-corrected chi connectivity index (χ4v) is 2.11. The van der Waals surface area contributed by atoms with Crippen molar-refractivity contribution in [1.29, 1.82) is 0 Å². The Hall–Kier alpha value is -1.61. The first-order valence-corrected chi connectivity index (χ1v) is 5.63. The van der Waals surface area contributed by atoms with Gasteiger partial charge in [0, 0.05) is 24.3 Å². The monoisotopic (exact) mass is 213 g/mol. The molecule has 16 heavy (non-hydrogen) atoms. The number of nitrogens with one attached hydrogen (secondary N) is 1. The van der Waals surface area contributed by atoms with E-state index in [4.69, 9.17) is 0 Å². The van der Waals surface area contributed by atoms with Crippen molar-refractivity contribution in [3.05, 3.63) is 47.3 Å². The molecule has 0 radical (unpaired) electrons. The van der Waals surface area contributed by atoms with Crippen LogP contribution in [0.2, 0.25) is 0 Å². The van der Waals surface area contributed by atoms with Crippen LogP contribution in [-0.2, 0) is 6.54 Å². The Labute approximate surface area is 95.1 Å². The summed E-state index contributed by atoms with van der Waals surface area (Å²) in [5, 5.41) is 7.97. The normalized spacial score (nSPS) is 18.8. The van der Waals surface area contributed by atoms with E-state index < -0.39 is 0 Å². The maximum Gasteiger partial charge on any atom is 0.0814 e. The summed E-state index contributed by atoms with van der Waals surface area (Å²) < 4.78 is 1.97. The zero-order valence-electron chi connectivity index (χ0n) is 9.57. The minimum atomic E-state index is 0.425. The van der Waals surface area contributed by atoms with E-state index in [0.717, 1.165) is 12.2 Å². The first-order chi connectivity index (χ1) is 7.74. The van der Waals surface area contributed by atoms with Crippen molar-refractivity contribution in [2.45, 2.75) is 26.4 Å². The predicted molar refractivity (Wildman–Crippen MR) is 63.6 cm³/mol. The summed E-state index contributed by atoms with van der Waals surface area (Å²) in [6.07, 6.45) is 2.13. The third-order valence-corrected chi connectivity index (χ3v) is 3.16. The molecule has 1 N–H and O–H groups in total. The topological polar surface area (TPSA) is 29.9 Å². The molecule has 0 saturated heterocycles. The largest absolute Gasteiger partial charge is 0.304 e. The fraction of sp³-hybridized carbons (Fsp3) is 0.308. The predicted octanol–water partition coefficient (Wildman–Crippen LogP) is 2.34. The Balaban J connectivity index is 2.02. The number of aryl methyl sites for hydroxylation is 1. The zero-order valence-corrected chi connectivity index (χ0v) is 9.57. The second-order valence-electron chi connectivity index (χ2n) is 4.41. The molecule has 0 bridgehead atoms. The molecular weight excluding hydrogens is 198 g/mol. The first kappa shape index (κ1) is 9.60. The highest BCUT2D eigenvalue weighted by molar-refractivity contribution is 5.36. The van der Waals surface area contributed by atoms with Crippen LogP contribution in [-0.4, -0.2) is 9.78 Å². The summed E-state index contributed by atoms with van der Waals surface area (Å²) in [7, 11) is 0. The van der Waals surface area contributed by atoms with E-state index in [1.165, 1.54) is 16.8 Å². The van der Waals surface area contributed by atoms with Gasteiger partial charge in [-0.25, -0.2) is 4.68 Å². The van der Waals surface area contributed by atoms with Crippen molar-refractivity contribution in [1.82, 2.24) is 15.1 Å². The van der Waals surface area contributed by atoms with E-state index in [-0.39, 0.29) is 0 Å². The molecule has 1 aliphatic heterocycles. The summed E-state index contributed by atoms with van der Waals surface area (Å²) in [5.74, 6) is 0. The zero-order chi connectivity index (χ0) is 11.1. The van der Waals surface area contributed by atoms with Gasteiger partial charge in [-0.3, -0.25) is 0 Å². The average molecular weight is 213 g/mol. The Bertz CT molecular complexity index is 510. The summed E-state index contributed by atoms with van der Waals surface area (Å²) in [6, 6.07) is 8.87. The molecule has 0 fully saturated rings. The van der Waals surface area contributed by atoms with Gasteiger partial charge in [-0.15, -0.1) is 0 Å². The molecule has 0 spiro atoms. The molecular formula is C13H15N3. The van der Waals surface area contributed by atoms with Crippen molar-refractivity contribution < 1.29 is 0 Å². The van der Waals surface area contributed by atoms with Gasteiger partial charge in [0.25, 0.3) is 0 Å². The number of aromatic nitrogens is 2. The number of hydrogen-bond acceptors (Lipinski definition) is 2. The van der Waals surface area contributed by atoms with Crippen LogP contribution in [0.15, 0.2) is 30.5 Å². The van der Waals surface area contributed by atoms with Gasteiger partial charge < -0.3 is 5.32 Å². The standard InChI is InChI=1S/C13H15N3/c1-9-3-5-11(6-4-9)16-8-12-10(2)14-7-13(12)15-16/h3-6,8,10,14H,7H2,1-2H3. The molecule has 2 heterocycles. The Morgan fingerprint density at radius 3 is 2.75 bits per heavy atom. The van der Waals surface area contributed by atoms with Gasteiger partial charge in [-0.1, -0.05) is 17.7 Å². The van der Waals surface area contributed by atoms with Crippen LogP contribution in [0.1, 0.15) is 29.8 Å². The van der Waals surface area contributed by atoms with E-state index >= 15 is 0 Å². The van der Waals surface area contributed by atoms with E-state index in [2.05, 4.69) is 54.7 Å². The van der Waals surface area contributed by atoms with Gasteiger partial charge in [0.05, 0.1) is 11.4 Å². The summed E-state index contributed by atoms with van der Waals surface area (Å²) >= 11 is 0. The average Bonchev–Trinajstić information content (AvgIpc) is 2.83. The fourth-order valence-electron chi connectivity index (χ4n) is 2.11. The first-order valence-electron chi connectivity index (χ1n) is 5.63. The van der Waals surface area contributed by atoms with Crippen molar-refractivity contribution in [2.24, 2.45) is 0 Å². The third-order valence-electron chi connectivity index (χ3n) is 3.16. The molecule has 1 aromatic carbocycles. The van der Waals surface area contributed by atoms with Crippen molar-refractivity contribution >= 4 is 0 Å². The minimum Gasteiger partial charge on any atom is -0.304 e. The van der Waals surface area contributed by atoms with Gasteiger partial charge in [0.1, 0.15) is 0 Å². The van der Waals surface area contributed by atoms with Gasteiger partial charge in [-0.05, 0) is 26.0 Å². The molecule has 1 aliphatic rings. The van der Waals surface area contributed by atoms with Crippen LogP contribution >= 0.6 is 0 Å². The molecule has 1 aromatic heterocycles. The van der Waals surface area contributed by atoms with Crippen LogP contribution in [0.3, 0.4) is 0 Å². The lowest BCUT2D eigenvalue weighted by Crippen LogP contribution is -2.09. The van der Waals surface area contributed by atoms with Crippen LogP contribution < -0.4 is 5.32 Å². The second kappa shape index (κ2) is 3.46. The molecule has 3 nitrogen and oxygen atoms in total. The van der Waals surface area contributed by atoms with E-state index in [0.29, 0.717) is 6.04 Å². The van der Waals surface area contributed by atoms with Gasteiger partial charge in [0.15, 0.2) is 0 Å². The molecule has 2 aromatic rings. The van der Waals surface area contributed by atoms with Gasteiger partial charge in [0.2, 0.25) is 0 Å². The van der Waals surface area contributed by atoms with Crippen LogP contribution in [0.25, 0.3) is 5.69 Å². The highest BCUT2D eigenvalue weighted by atomic mass is 15.3. The van der Waals surface area contributed by atoms with Crippen LogP contribution in [0.4, 0.5) is 0 Å². The molecule has 0 amide bonds. The SMILES string of the molecule is Cc1ccc(-n2cc3c(n2)CNC3C)cc1. The van der Waals surface area contributed by atoms with Gasteiger partial charge in [-0.2, -0.15) is 5.10 Å². The van der Waals surface area contributed by atoms with Crippen molar-refractivity contribution in [2.75, 3.05) is 0 Å². The van der Waals surface area contributed by atoms with Crippen molar-refractivity contribution in [3.63, 3.8) is 0 Å². The lowest BCUT2D eigenvalue weighted by molar-refractivity contribution is 0.617. The number of nitrogens with zero attached hydrogens (tertiary/aromatic N) is 2. The van der Waals surface area contributed by atoms with E-state index in [1.54, 1.807) is 0 Å². The summed E-state index contributed by atoms with van der Waals surface area (Å²) in [4.78, 5) is 0. The lowest BCUT2D eigenvalue weighted by Gasteiger charge is -2.04. The van der Waals surface area contributed by atoms with E-state index in [1.807, 2.05) is 4.68 Å². The third kappa shape index (κ3) is 1.44. The summed E-state index contributed by atoms with van der Waals surface area (Å²) in [5.41, 5.74) is 4.90. The highest BCUT2D eigenvalue weighted by Gasteiger charge is 2.21.